The fourth-order valence-corrected chi connectivity index (χ4v) is 3.55. The highest BCUT2D eigenvalue weighted by Crippen LogP contribution is 2.24. The van der Waals surface area contributed by atoms with Gasteiger partial charge in [0.15, 0.2) is 5.03 Å². The van der Waals surface area contributed by atoms with Crippen molar-refractivity contribution in [3.8, 4) is 0 Å². The number of pyridine rings is 1. The van der Waals surface area contributed by atoms with Crippen LogP contribution in [0.1, 0.15) is 12.8 Å². The molecule has 1 atom stereocenters. The van der Waals surface area contributed by atoms with E-state index in [0.717, 1.165) is 6.42 Å². The number of aliphatic hydroxyl groups is 1. The number of aromatic nitrogens is 1. The number of hydrogen-bond donors (Lipinski definition) is 1. The Hall–Kier alpha value is -0.980. The molecule has 1 fully saturated rings. The van der Waals surface area contributed by atoms with Crippen molar-refractivity contribution in [3.05, 3.63) is 24.4 Å². The summed E-state index contributed by atoms with van der Waals surface area (Å²) < 4.78 is 25.7. The predicted octanol–water partition coefficient (Wildman–Crippen LogP) is 0.227. The third-order valence-corrected chi connectivity index (χ3v) is 4.61. The first-order chi connectivity index (χ1) is 7.66. The first-order valence-electron chi connectivity index (χ1n) is 5.20. The molecule has 2 rings (SSSR count). The Morgan fingerprint density at radius 2 is 2.31 bits per heavy atom. The first-order valence-corrected chi connectivity index (χ1v) is 6.64. The maximum absolute atomic E-state index is 12.2. The lowest BCUT2D eigenvalue weighted by Crippen LogP contribution is -2.37. The smallest absolute Gasteiger partial charge is 0.260 e. The van der Waals surface area contributed by atoms with Gasteiger partial charge >= 0.3 is 0 Å². The van der Waals surface area contributed by atoms with Crippen molar-refractivity contribution < 1.29 is 13.5 Å². The van der Waals surface area contributed by atoms with Crippen molar-refractivity contribution >= 4 is 10.0 Å². The topological polar surface area (TPSA) is 70.5 Å². The number of hydrogen-bond acceptors (Lipinski definition) is 4. The summed E-state index contributed by atoms with van der Waals surface area (Å²) in [7, 11) is -3.54. The summed E-state index contributed by atoms with van der Waals surface area (Å²) in [5.74, 6) is 0. The molecule has 6 heteroatoms. The van der Waals surface area contributed by atoms with Crippen LogP contribution < -0.4 is 0 Å². The molecule has 1 aliphatic heterocycles. The Labute approximate surface area is 94.8 Å². The Morgan fingerprint density at radius 3 is 2.94 bits per heavy atom. The van der Waals surface area contributed by atoms with Gasteiger partial charge in [0, 0.05) is 18.8 Å². The van der Waals surface area contributed by atoms with E-state index >= 15 is 0 Å². The van der Waals surface area contributed by atoms with E-state index in [0.29, 0.717) is 13.0 Å². The van der Waals surface area contributed by atoms with Crippen LogP contribution in [0.15, 0.2) is 29.4 Å². The van der Waals surface area contributed by atoms with E-state index in [1.54, 1.807) is 12.1 Å². The molecule has 16 heavy (non-hydrogen) atoms. The second-order valence-electron chi connectivity index (χ2n) is 3.76. The molecule has 0 bridgehead atoms. The molecule has 1 aromatic heterocycles. The van der Waals surface area contributed by atoms with Gasteiger partial charge in [0.25, 0.3) is 10.0 Å². The Kier molecular flexibility index (Phi) is 3.22. The van der Waals surface area contributed by atoms with Crippen LogP contribution in [0.5, 0.6) is 0 Å². The lowest BCUT2D eigenvalue weighted by molar-refractivity contribution is 0.213. The molecule has 0 amide bonds. The van der Waals surface area contributed by atoms with Crippen molar-refractivity contribution in [2.75, 3.05) is 13.2 Å². The summed E-state index contributed by atoms with van der Waals surface area (Å²) in [6.45, 7) is 0.330. The van der Waals surface area contributed by atoms with Gasteiger partial charge in [0.2, 0.25) is 0 Å². The molecule has 0 aliphatic carbocycles. The highest BCUT2D eigenvalue weighted by molar-refractivity contribution is 7.89. The molecule has 88 valence electrons. The Bertz CT molecular complexity index is 446. The van der Waals surface area contributed by atoms with Crippen molar-refractivity contribution in [1.82, 2.24) is 9.29 Å². The molecule has 1 unspecified atom stereocenters. The predicted molar refractivity (Wildman–Crippen MR) is 58.2 cm³/mol. The van der Waals surface area contributed by atoms with Crippen molar-refractivity contribution in [3.63, 3.8) is 0 Å². The summed E-state index contributed by atoms with van der Waals surface area (Å²) in [6, 6.07) is 4.49. The summed E-state index contributed by atoms with van der Waals surface area (Å²) in [5, 5.41) is 9.17. The van der Waals surface area contributed by atoms with E-state index in [1.165, 1.54) is 16.6 Å². The Morgan fingerprint density at radius 1 is 1.50 bits per heavy atom. The van der Waals surface area contributed by atoms with Gasteiger partial charge in [-0.1, -0.05) is 6.07 Å². The van der Waals surface area contributed by atoms with Gasteiger partial charge < -0.3 is 5.11 Å². The minimum atomic E-state index is -3.54. The van der Waals surface area contributed by atoms with Gasteiger partial charge in [-0.15, -0.1) is 0 Å². The summed E-state index contributed by atoms with van der Waals surface area (Å²) >= 11 is 0. The normalized spacial score (nSPS) is 22.4. The molecule has 5 nitrogen and oxygen atoms in total. The van der Waals surface area contributed by atoms with Crippen molar-refractivity contribution in [1.29, 1.82) is 0 Å². The SMILES string of the molecule is O=S(=O)(c1ccccn1)N1CCCC1CO. The molecule has 0 spiro atoms. The average molecular weight is 242 g/mol. The standard InChI is InChI=1S/C10H14N2O3S/c13-8-9-4-3-7-12(9)16(14,15)10-5-1-2-6-11-10/h1-2,5-6,9,13H,3-4,7-8H2. The summed E-state index contributed by atoms with van der Waals surface area (Å²) in [5.41, 5.74) is 0. The van der Waals surface area contributed by atoms with E-state index in [-0.39, 0.29) is 17.7 Å². The van der Waals surface area contributed by atoms with Gasteiger partial charge in [-0.25, -0.2) is 13.4 Å². The number of rotatable bonds is 3. The van der Waals surface area contributed by atoms with Gasteiger partial charge in [-0.2, -0.15) is 4.31 Å². The third kappa shape index (κ3) is 1.95. The fraction of sp³-hybridized carbons (Fsp3) is 0.500. The van der Waals surface area contributed by atoms with Crippen LogP contribution in [0.2, 0.25) is 0 Å². The van der Waals surface area contributed by atoms with Gasteiger partial charge in [-0.05, 0) is 25.0 Å². The quantitative estimate of drug-likeness (QED) is 0.823. The molecule has 1 aromatic rings. The molecule has 1 aliphatic rings. The van der Waals surface area contributed by atoms with Gasteiger partial charge in [0.05, 0.1) is 6.61 Å². The number of aliphatic hydroxyl groups excluding tert-OH is 1. The second kappa shape index (κ2) is 4.48. The number of nitrogens with zero attached hydrogens (tertiary/aromatic N) is 2. The maximum atomic E-state index is 12.2. The van der Waals surface area contributed by atoms with Crippen LogP contribution in [0.4, 0.5) is 0 Å². The van der Waals surface area contributed by atoms with E-state index in [9.17, 15) is 8.42 Å². The first kappa shape index (κ1) is 11.5. The molecule has 2 heterocycles. The van der Waals surface area contributed by atoms with Crippen molar-refractivity contribution in [2.45, 2.75) is 23.9 Å². The molecule has 0 saturated carbocycles. The van der Waals surface area contributed by atoms with E-state index in [4.69, 9.17) is 5.11 Å². The van der Waals surface area contributed by atoms with Crippen LogP contribution in [-0.4, -0.2) is 42.0 Å². The second-order valence-corrected chi connectivity index (χ2v) is 5.60. The van der Waals surface area contributed by atoms with E-state index < -0.39 is 10.0 Å². The Balaban J connectivity index is 2.33. The zero-order chi connectivity index (χ0) is 11.6. The zero-order valence-corrected chi connectivity index (χ0v) is 9.60. The van der Waals surface area contributed by atoms with E-state index in [1.807, 2.05) is 0 Å². The van der Waals surface area contributed by atoms with Crippen LogP contribution in [0.3, 0.4) is 0 Å². The molecule has 0 aromatic carbocycles. The van der Waals surface area contributed by atoms with Gasteiger partial charge in [0.1, 0.15) is 0 Å². The van der Waals surface area contributed by atoms with E-state index in [2.05, 4.69) is 4.98 Å². The largest absolute Gasteiger partial charge is 0.395 e. The van der Waals surface area contributed by atoms with Crippen LogP contribution in [0.25, 0.3) is 0 Å². The minimum absolute atomic E-state index is 0.0513. The van der Waals surface area contributed by atoms with Crippen LogP contribution in [0, 0.1) is 0 Å². The monoisotopic (exact) mass is 242 g/mol. The molecular weight excluding hydrogens is 228 g/mol. The molecule has 0 radical (unpaired) electrons. The molecule has 1 saturated heterocycles. The van der Waals surface area contributed by atoms with Crippen LogP contribution >= 0.6 is 0 Å². The average Bonchev–Trinajstić information content (AvgIpc) is 2.79. The lowest BCUT2D eigenvalue weighted by Gasteiger charge is -2.21. The lowest BCUT2D eigenvalue weighted by atomic mass is 10.2. The highest BCUT2D eigenvalue weighted by atomic mass is 32.2. The molecular formula is C10H14N2O3S. The zero-order valence-electron chi connectivity index (χ0n) is 8.78. The highest BCUT2D eigenvalue weighted by Gasteiger charge is 2.35. The van der Waals surface area contributed by atoms with Crippen LogP contribution in [-0.2, 0) is 10.0 Å². The van der Waals surface area contributed by atoms with Crippen molar-refractivity contribution in [2.24, 2.45) is 0 Å². The van der Waals surface area contributed by atoms with Gasteiger partial charge in [-0.3, -0.25) is 0 Å². The molecule has 1 N–H and O–H groups in total. The third-order valence-electron chi connectivity index (χ3n) is 2.74. The maximum Gasteiger partial charge on any atom is 0.260 e. The summed E-state index contributed by atoms with van der Waals surface area (Å²) in [6.07, 6.45) is 2.96. The summed E-state index contributed by atoms with van der Waals surface area (Å²) in [4.78, 5) is 3.85. The fourth-order valence-electron chi connectivity index (χ4n) is 1.93. The minimum Gasteiger partial charge on any atom is -0.395 e. The number of sulfonamides is 1.